The fraction of sp³-hybridized carbons (Fsp3) is 0. The molecule has 0 atom stereocenters. The van der Waals surface area contributed by atoms with E-state index < -0.39 is 5.82 Å². The van der Waals surface area contributed by atoms with Gasteiger partial charge in [0.25, 0.3) is 0 Å². The predicted molar refractivity (Wildman–Crippen MR) is 43.1 cm³/mol. The SMILES string of the molecule is Nc1cc(F)c(S)cc1Cl. The van der Waals surface area contributed by atoms with Gasteiger partial charge in [-0.1, -0.05) is 11.6 Å². The number of thiol groups is 1. The maximum absolute atomic E-state index is 12.5. The molecule has 1 aromatic rings. The van der Waals surface area contributed by atoms with Crippen LogP contribution >= 0.6 is 24.2 Å². The quantitative estimate of drug-likeness (QED) is 0.462. The van der Waals surface area contributed by atoms with Crippen LogP contribution in [-0.4, -0.2) is 0 Å². The van der Waals surface area contributed by atoms with Crippen molar-refractivity contribution in [3.63, 3.8) is 0 Å². The second-order valence-electron chi connectivity index (χ2n) is 1.83. The van der Waals surface area contributed by atoms with Crippen LogP contribution in [0.2, 0.25) is 5.02 Å². The summed E-state index contributed by atoms with van der Waals surface area (Å²) in [6, 6.07) is 2.51. The molecule has 0 radical (unpaired) electrons. The van der Waals surface area contributed by atoms with Gasteiger partial charge in [0.15, 0.2) is 0 Å². The van der Waals surface area contributed by atoms with E-state index in [2.05, 4.69) is 12.6 Å². The first-order chi connectivity index (χ1) is 4.61. The Balaban J connectivity index is 3.28. The minimum atomic E-state index is -0.453. The first kappa shape index (κ1) is 7.69. The maximum atomic E-state index is 12.5. The van der Waals surface area contributed by atoms with Crippen LogP contribution in [0.25, 0.3) is 0 Å². The maximum Gasteiger partial charge on any atom is 0.138 e. The van der Waals surface area contributed by atoms with Gasteiger partial charge >= 0.3 is 0 Å². The van der Waals surface area contributed by atoms with Crippen molar-refractivity contribution in [2.45, 2.75) is 4.90 Å². The number of anilines is 1. The fourth-order valence-corrected chi connectivity index (χ4v) is 0.985. The predicted octanol–water partition coefficient (Wildman–Crippen LogP) is 2.35. The summed E-state index contributed by atoms with van der Waals surface area (Å²) in [7, 11) is 0. The number of nitrogens with two attached hydrogens (primary N) is 1. The first-order valence-corrected chi connectivity index (χ1v) is 3.37. The lowest BCUT2D eigenvalue weighted by atomic mass is 10.3. The van der Waals surface area contributed by atoms with Crippen molar-refractivity contribution in [2.75, 3.05) is 5.73 Å². The van der Waals surface area contributed by atoms with Crippen LogP contribution in [0.4, 0.5) is 10.1 Å². The third-order valence-corrected chi connectivity index (χ3v) is 1.74. The van der Waals surface area contributed by atoms with E-state index in [-0.39, 0.29) is 10.6 Å². The fourth-order valence-electron chi connectivity index (χ4n) is 0.552. The average molecular weight is 178 g/mol. The van der Waals surface area contributed by atoms with Crippen molar-refractivity contribution in [2.24, 2.45) is 0 Å². The van der Waals surface area contributed by atoms with Crippen molar-refractivity contribution in [1.29, 1.82) is 0 Å². The number of benzene rings is 1. The van der Waals surface area contributed by atoms with Gasteiger partial charge in [0.05, 0.1) is 10.7 Å². The highest BCUT2D eigenvalue weighted by molar-refractivity contribution is 7.80. The Morgan fingerprint density at radius 3 is 2.60 bits per heavy atom. The molecular weight excluding hydrogens is 173 g/mol. The van der Waals surface area contributed by atoms with Gasteiger partial charge in [-0.3, -0.25) is 0 Å². The second kappa shape index (κ2) is 2.68. The minimum absolute atomic E-state index is 0.208. The van der Waals surface area contributed by atoms with Crippen LogP contribution in [0, 0.1) is 5.82 Å². The topological polar surface area (TPSA) is 26.0 Å². The third kappa shape index (κ3) is 1.36. The number of hydrogen-bond acceptors (Lipinski definition) is 2. The lowest BCUT2D eigenvalue weighted by molar-refractivity contribution is 0.603. The molecule has 0 spiro atoms. The smallest absolute Gasteiger partial charge is 0.138 e. The molecule has 0 bridgehead atoms. The highest BCUT2D eigenvalue weighted by Gasteiger charge is 2.01. The summed E-state index contributed by atoms with van der Waals surface area (Å²) in [5.41, 5.74) is 5.52. The summed E-state index contributed by atoms with van der Waals surface area (Å²) in [5.74, 6) is -0.453. The van der Waals surface area contributed by atoms with Gasteiger partial charge in [0.1, 0.15) is 5.82 Å². The molecule has 54 valence electrons. The zero-order valence-electron chi connectivity index (χ0n) is 4.94. The zero-order chi connectivity index (χ0) is 7.72. The highest BCUT2D eigenvalue weighted by Crippen LogP contribution is 2.24. The molecule has 1 nitrogen and oxygen atoms in total. The summed E-state index contributed by atoms with van der Waals surface area (Å²) in [6.45, 7) is 0. The monoisotopic (exact) mass is 177 g/mol. The molecule has 0 amide bonds. The van der Waals surface area contributed by atoms with Gasteiger partial charge in [-0.15, -0.1) is 12.6 Å². The average Bonchev–Trinajstić information content (AvgIpc) is 1.84. The summed E-state index contributed by atoms with van der Waals surface area (Å²) >= 11 is 9.35. The Bertz CT molecular complexity index is 214. The summed E-state index contributed by atoms with van der Waals surface area (Å²) < 4.78 is 12.5. The van der Waals surface area contributed by atoms with Crippen LogP contribution in [0.1, 0.15) is 0 Å². The van der Waals surface area contributed by atoms with Gasteiger partial charge in [0.2, 0.25) is 0 Å². The largest absolute Gasteiger partial charge is 0.397 e. The van der Waals surface area contributed by atoms with Crippen molar-refractivity contribution >= 4 is 29.9 Å². The van der Waals surface area contributed by atoms with Crippen molar-refractivity contribution < 1.29 is 4.39 Å². The molecule has 0 aliphatic heterocycles. The van der Waals surface area contributed by atoms with Crippen LogP contribution in [0.3, 0.4) is 0 Å². The molecule has 0 unspecified atom stereocenters. The Morgan fingerprint density at radius 2 is 2.10 bits per heavy atom. The summed E-state index contributed by atoms with van der Waals surface area (Å²) in [6.07, 6.45) is 0. The van der Waals surface area contributed by atoms with Crippen molar-refractivity contribution in [3.8, 4) is 0 Å². The molecular formula is C6H5ClFNS. The van der Waals surface area contributed by atoms with Crippen molar-refractivity contribution in [1.82, 2.24) is 0 Å². The molecule has 4 heteroatoms. The Labute approximate surface area is 68.4 Å². The normalized spacial score (nSPS) is 9.90. The van der Waals surface area contributed by atoms with Gasteiger partial charge in [-0.05, 0) is 12.1 Å². The van der Waals surface area contributed by atoms with E-state index in [0.29, 0.717) is 5.02 Å². The lowest BCUT2D eigenvalue weighted by Gasteiger charge is -1.98. The standard InChI is InChI=1S/C6H5ClFNS/c7-3-1-6(10)4(8)2-5(3)9/h1-2,10H,9H2. The summed E-state index contributed by atoms with van der Waals surface area (Å²) in [5, 5.41) is 0.325. The van der Waals surface area contributed by atoms with E-state index in [0.717, 1.165) is 6.07 Å². The lowest BCUT2D eigenvalue weighted by Crippen LogP contribution is -1.88. The molecule has 1 aromatic carbocycles. The van der Waals surface area contributed by atoms with E-state index in [4.69, 9.17) is 17.3 Å². The number of hydrogen-bond donors (Lipinski definition) is 2. The van der Waals surface area contributed by atoms with Crippen molar-refractivity contribution in [3.05, 3.63) is 23.0 Å². The van der Waals surface area contributed by atoms with E-state index in [1.165, 1.54) is 6.07 Å². The molecule has 0 aliphatic rings. The molecule has 2 N–H and O–H groups in total. The Morgan fingerprint density at radius 1 is 1.50 bits per heavy atom. The molecule has 0 saturated carbocycles. The van der Waals surface area contributed by atoms with E-state index in [9.17, 15) is 4.39 Å². The Kier molecular flexibility index (Phi) is 2.06. The number of halogens is 2. The molecule has 10 heavy (non-hydrogen) atoms. The first-order valence-electron chi connectivity index (χ1n) is 2.54. The molecule has 0 heterocycles. The minimum Gasteiger partial charge on any atom is -0.397 e. The third-order valence-electron chi connectivity index (χ3n) is 1.07. The second-order valence-corrected chi connectivity index (χ2v) is 2.71. The number of nitrogen functional groups attached to an aromatic ring is 1. The Hall–Kier alpha value is -0.410. The summed E-state index contributed by atoms with van der Waals surface area (Å²) in [4.78, 5) is 0.208. The highest BCUT2D eigenvalue weighted by atomic mass is 35.5. The van der Waals surface area contributed by atoms with E-state index >= 15 is 0 Å². The van der Waals surface area contributed by atoms with E-state index in [1.54, 1.807) is 0 Å². The number of rotatable bonds is 0. The van der Waals surface area contributed by atoms with E-state index in [1.807, 2.05) is 0 Å². The van der Waals surface area contributed by atoms with Gasteiger partial charge in [-0.25, -0.2) is 4.39 Å². The van der Waals surface area contributed by atoms with Crippen LogP contribution in [0.15, 0.2) is 17.0 Å². The molecule has 1 rings (SSSR count). The van der Waals surface area contributed by atoms with Crippen LogP contribution < -0.4 is 5.73 Å². The molecule has 0 saturated heterocycles. The zero-order valence-corrected chi connectivity index (χ0v) is 6.59. The molecule has 0 fully saturated rings. The molecule has 0 aliphatic carbocycles. The molecule has 0 aromatic heterocycles. The van der Waals surface area contributed by atoms with Crippen LogP contribution in [-0.2, 0) is 0 Å². The van der Waals surface area contributed by atoms with Gasteiger partial charge < -0.3 is 5.73 Å². The van der Waals surface area contributed by atoms with Gasteiger partial charge in [0, 0.05) is 4.90 Å². The van der Waals surface area contributed by atoms with Crippen LogP contribution in [0.5, 0.6) is 0 Å². The van der Waals surface area contributed by atoms with Gasteiger partial charge in [-0.2, -0.15) is 0 Å².